The topological polar surface area (TPSA) is 34.2 Å². The Labute approximate surface area is 123 Å². The molecule has 1 aromatic carbocycles. The largest absolute Gasteiger partial charge is 0.435 e. The number of nitrogens with zero attached hydrogens (tertiary/aromatic N) is 1. The molecule has 0 radical (unpaired) electrons. The molecule has 0 saturated heterocycles. The predicted octanol–water partition coefficient (Wildman–Crippen LogP) is 3.90. The molecule has 0 fully saturated rings. The lowest BCUT2D eigenvalue weighted by molar-refractivity contribution is 0.400. The van der Waals surface area contributed by atoms with E-state index in [-0.39, 0.29) is 11.6 Å². The highest BCUT2D eigenvalue weighted by atomic mass is 19.2. The van der Waals surface area contributed by atoms with Gasteiger partial charge in [-0.1, -0.05) is 26.0 Å². The number of hydrogen-bond donors (Lipinski definition) is 1. The van der Waals surface area contributed by atoms with Gasteiger partial charge in [0.05, 0.1) is 0 Å². The van der Waals surface area contributed by atoms with Crippen LogP contribution in [0.1, 0.15) is 19.4 Å². The van der Waals surface area contributed by atoms with Crippen molar-refractivity contribution < 1.29 is 13.5 Å². The molecule has 112 valence electrons. The van der Waals surface area contributed by atoms with E-state index in [0.717, 1.165) is 18.2 Å². The summed E-state index contributed by atoms with van der Waals surface area (Å²) in [6.45, 7) is 5.62. The minimum absolute atomic E-state index is 0.168. The molecule has 3 nitrogen and oxygen atoms in total. The van der Waals surface area contributed by atoms with Crippen LogP contribution in [-0.2, 0) is 6.54 Å². The molecule has 0 atom stereocenters. The SMILES string of the molecule is CC(C)CNCc1cccnc1Oc1cccc(F)c1F. The lowest BCUT2D eigenvalue weighted by Crippen LogP contribution is -2.19. The van der Waals surface area contributed by atoms with Gasteiger partial charge in [-0.05, 0) is 30.7 Å². The second-order valence-electron chi connectivity index (χ2n) is 5.15. The number of pyridine rings is 1. The van der Waals surface area contributed by atoms with Crippen molar-refractivity contribution in [3.05, 3.63) is 53.7 Å². The molecule has 2 rings (SSSR count). The van der Waals surface area contributed by atoms with E-state index in [1.54, 1.807) is 12.3 Å². The Morgan fingerprint density at radius 3 is 2.76 bits per heavy atom. The zero-order chi connectivity index (χ0) is 15.2. The number of nitrogens with one attached hydrogen (secondary N) is 1. The first-order chi connectivity index (χ1) is 10.1. The Balaban J connectivity index is 2.14. The second kappa shape index (κ2) is 7.13. The summed E-state index contributed by atoms with van der Waals surface area (Å²) in [5, 5.41) is 3.27. The van der Waals surface area contributed by atoms with Crippen LogP contribution in [0.2, 0.25) is 0 Å². The van der Waals surface area contributed by atoms with E-state index in [1.807, 2.05) is 6.07 Å². The summed E-state index contributed by atoms with van der Waals surface area (Å²) >= 11 is 0. The first-order valence-corrected chi connectivity index (χ1v) is 6.84. The summed E-state index contributed by atoms with van der Waals surface area (Å²) in [6.07, 6.45) is 1.55. The van der Waals surface area contributed by atoms with Gasteiger partial charge in [0.2, 0.25) is 11.7 Å². The fourth-order valence-electron chi connectivity index (χ4n) is 1.81. The second-order valence-corrected chi connectivity index (χ2v) is 5.15. The Kier molecular flexibility index (Phi) is 5.22. The zero-order valence-corrected chi connectivity index (χ0v) is 12.1. The van der Waals surface area contributed by atoms with Crippen LogP contribution in [0, 0.1) is 17.6 Å². The number of halogens is 2. The van der Waals surface area contributed by atoms with Crippen molar-refractivity contribution in [1.29, 1.82) is 0 Å². The smallest absolute Gasteiger partial charge is 0.223 e. The van der Waals surface area contributed by atoms with Crippen molar-refractivity contribution in [3.63, 3.8) is 0 Å². The molecule has 1 N–H and O–H groups in total. The maximum absolute atomic E-state index is 13.6. The van der Waals surface area contributed by atoms with E-state index >= 15 is 0 Å². The monoisotopic (exact) mass is 292 g/mol. The highest BCUT2D eigenvalue weighted by Crippen LogP contribution is 2.26. The molecule has 5 heteroatoms. The average molecular weight is 292 g/mol. The maximum Gasteiger partial charge on any atom is 0.223 e. The van der Waals surface area contributed by atoms with E-state index in [2.05, 4.69) is 24.1 Å². The van der Waals surface area contributed by atoms with E-state index in [9.17, 15) is 8.78 Å². The van der Waals surface area contributed by atoms with Crippen LogP contribution in [0.25, 0.3) is 0 Å². The van der Waals surface area contributed by atoms with Crippen LogP contribution in [0.4, 0.5) is 8.78 Å². The summed E-state index contributed by atoms with van der Waals surface area (Å²) < 4.78 is 32.2. The fourth-order valence-corrected chi connectivity index (χ4v) is 1.81. The number of ether oxygens (including phenoxy) is 1. The van der Waals surface area contributed by atoms with Crippen molar-refractivity contribution in [2.24, 2.45) is 5.92 Å². The van der Waals surface area contributed by atoms with Crippen LogP contribution in [0.15, 0.2) is 36.5 Å². The van der Waals surface area contributed by atoms with Gasteiger partial charge in [0.1, 0.15) is 0 Å². The Hall–Kier alpha value is -2.01. The Bertz CT molecular complexity index is 603. The van der Waals surface area contributed by atoms with Gasteiger partial charge in [-0.3, -0.25) is 0 Å². The summed E-state index contributed by atoms with van der Waals surface area (Å²) in [5.41, 5.74) is 0.793. The van der Waals surface area contributed by atoms with E-state index in [1.165, 1.54) is 12.1 Å². The molecule has 1 heterocycles. The van der Waals surface area contributed by atoms with Crippen LogP contribution < -0.4 is 10.1 Å². The molecule has 0 spiro atoms. The molecule has 0 aliphatic heterocycles. The summed E-state index contributed by atoms with van der Waals surface area (Å²) in [7, 11) is 0. The molecular weight excluding hydrogens is 274 g/mol. The van der Waals surface area contributed by atoms with Crippen molar-refractivity contribution in [3.8, 4) is 11.6 Å². The van der Waals surface area contributed by atoms with Gasteiger partial charge in [0, 0.05) is 18.3 Å². The molecule has 2 aromatic rings. The van der Waals surface area contributed by atoms with Gasteiger partial charge in [0.25, 0.3) is 0 Å². The van der Waals surface area contributed by atoms with Gasteiger partial charge >= 0.3 is 0 Å². The fraction of sp³-hybridized carbons (Fsp3) is 0.312. The molecular formula is C16H18F2N2O. The number of benzene rings is 1. The normalized spacial score (nSPS) is 10.9. The molecule has 0 aliphatic carbocycles. The van der Waals surface area contributed by atoms with Crippen molar-refractivity contribution in [2.45, 2.75) is 20.4 Å². The van der Waals surface area contributed by atoms with Crippen LogP contribution in [0.5, 0.6) is 11.6 Å². The highest BCUT2D eigenvalue weighted by molar-refractivity contribution is 5.33. The molecule has 0 unspecified atom stereocenters. The van der Waals surface area contributed by atoms with E-state index in [0.29, 0.717) is 12.5 Å². The third-order valence-corrected chi connectivity index (χ3v) is 2.84. The average Bonchev–Trinajstić information content (AvgIpc) is 2.45. The van der Waals surface area contributed by atoms with Crippen LogP contribution >= 0.6 is 0 Å². The predicted molar refractivity (Wildman–Crippen MR) is 77.2 cm³/mol. The van der Waals surface area contributed by atoms with Gasteiger partial charge < -0.3 is 10.1 Å². The van der Waals surface area contributed by atoms with Gasteiger partial charge in [-0.2, -0.15) is 4.39 Å². The molecule has 21 heavy (non-hydrogen) atoms. The molecule has 0 bridgehead atoms. The first-order valence-electron chi connectivity index (χ1n) is 6.84. The molecule has 0 aliphatic rings. The number of hydrogen-bond acceptors (Lipinski definition) is 3. The summed E-state index contributed by atoms with van der Waals surface area (Å²) in [5.74, 6) is -1.32. The first kappa shape index (κ1) is 15.4. The van der Waals surface area contributed by atoms with Crippen LogP contribution in [-0.4, -0.2) is 11.5 Å². The summed E-state index contributed by atoms with van der Waals surface area (Å²) in [4.78, 5) is 4.09. The third kappa shape index (κ3) is 4.23. The van der Waals surface area contributed by atoms with Crippen molar-refractivity contribution >= 4 is 0 Å². The maximum atomic E-state index is 13.6. The molecule has 0 saturated carbocycles. The third-order valence-electron chi connectivity index (χ3n) is 2.84. The number of aromatic nitrogens is 1. The molecule has 0 amide bonds. The lowest BCUT2D eigenvalue weighted by atomic mass is 10.2. The van der Waals surface area contributed by atoms with Gasteiger partial charge in [0.15, 0.2) is 11.6 Å². The quantitative estimate of drug-likeness (QED) is 0.877. The van der Waals surface area contributed by atoms with Gasteiger partial charge in [-0.15, -0.1) is 0 Å². The Morgan fingerprint density at radius 2 is 2.00 bits per heavy atom. The van der Waals surface area contributed by atoms with Gasteiger partial charge in [-0.25, -0.2) is 9.37 Å². The highest BCUT2D eigenvalue weighted by Gasteiger charge is 2.12. The minimum Gasteiger partial charge on any atom is -0.435 e. The van der Waals surface area contributed by atoms with E-state index < -0.39 is 11.6 Å². The molecule has 1 aromatic heterocycles. The minimum atomic E-state index is -1.01. The number of rotatable bonds is 6. The Morgan fingerprint density at radius 1 is 1.19 bits per heavy atom. The van der Waals surface area contributed by atoms with Crippen molar-refractivity contribution in [1.82, 2.24) is 10.3 Å². The zero-order valence-electron chi connectivity index (χ0n) is 12.1. The standard InChI is InChI=1S/C16H18F2N2O/c1-11(2)9-19-10-12-5-4-8-20-16(12)21-14-7-3-6-13(17)15(14)18/h3-8,11,19H,9-10H2,1-2H3. The van der Waals surface area contributed by atoms with Crippen LogP contribution in [0.3, 0.4) is 0 Å². The van der Waals surface area contributed by atoms with E-state index in [4.69, 9.17) is 4.74 Å². The van der Waals surface area contributed by atoms with Crippen molar-refractivity contribution in [2.75, 3.05) is 6.54 Å². The summed E-state index contributed by atoms with van der Waals surface area (Å²) in [6, 6.07) is 7.44. The lowest BCUT2D eigenvalue weighted by Gasteiger charge is -2.12.